The van der Waals surface area contributed by atoms with Crippen LogP contribution in [0.3, 0.4) is 0 Å². The molecule has 2 aliphatic rings. The monoisotopic (exact) mass is 340 g/mol. The Morgan fingerprint density at radius 2 is 2.05 bits per heavy atom. The smallest absolute Gasteiger partial charge is 0.233 e. The van der Waals surface area contributed by atoms with E-state index in [0.717, 1.165) is 25.6 Å². The molecule has 1 aromatic carbocycles. The highest BCUT2D eigenvalue weighted by Crippen LogP contribution is 2.31. The molecule has 0 radical (unpaired) electrons. The third-order valence-corrected chi connectivity index (χ3v) is 5.69. The zero-order valence-corrected chi connectivity index (χ0v) is 14.0. The summed E-state index contributed by atoms with van der Waals surface area (Å²) in [7, 11) is -3.41. The van der Waals surface area contributed by atoms with Crippen molar-refractivity contribution in [3.63, 3.8) is 0 Å². The van der Waals surface area contributed by atoms with Crippen molar-refractivity contribution in [3.05, 3.63) is 40.3 Å². The van der Waals surface area contributed by atoms with Crippen LogP contribution in [0.15, 0.2) is 29.7 Å². The number of hydrogen-bond acceptors (Lipinski definition) is 3. The van der Waals surface area contributed by atoms with Gasteiger partial charge in [0.1, 0.15) is 0 Å². The second-order valence-corrected chi connectivity index (χ2v) is 8.16. The Balaban J connectivity index is 1.52. The van der Waals surface area contributed by atoms with Gasteiger partial charge in [-0.05, 0) is 49.4 Å². The van der Waals surface area contributed by atoms with E-state index in [1.54, 1.807) is 12.1 Å². The Kier molecular flexibility index (Phi) is 4.88. The molecule has 0 amide bonds. The van der Waals surface area contributed by atoms with Crippen LogP contribution in [0.25, 0.3) is 6.08 Å². The second-order valence-electron chi connectivity index (χ2n) is 6.10. The first-order chi connectivity index (χ1) is 10.5. The second kappa shape index (κ2) is 6.71. The summed E-state index contributed by atoms with van der Waals surface area (Å²) in [5, 5.41) is 1.74. The average molecular weight is 341 g/mol. The van der Waals surface area contributed by atoms with Gasteiger partial charge in [-0.15, -0.1) is 0 Å². The minimum atomic E-state index is -3.41. The summed E-state index contributed by atoms with van der Waals surface area (Å²) in [6.07, 6.45) is 5.22. The number of hydrogen-bond donors (Lipinski definition) is 1. The molecule has 0 unspecified atom stereocenters. The van der Waals surface area contributed by atoms with Crippen LogP contribution in [-0.2, 0) is 10.0 Å². The predicted octanol–water partition coefficient (Wildman–Crippen LogP) is 2.71. The molecule has 22 heavy (non-hydrogen) atoms. The lowest BCUT2D eigenvalue weighted by atomic mass is 10.1. The van der Waals surface area contributed by atoms with Gasteiger partial charge in [-0.1, -0.05) is 29.8 Å². The van der Waals surface area contributed by atoms with Gasteiger partial charge in [0.15, 0.2) is 0 Å². The molecule has 2 fully saturated rings. The summed E-state index contributed by atoms with van der Waals surface area (Å²) in [4.78, 5) is 2.48. The van der Waals surface area contributed by atoms with Gasteiger partial charge in [-0.2, -0.15) is 0 Å². The van der Waals surface area contributed by atoms with Gasteiger partial charge in [-0.25, -0.2) is 13.1 Å². The van der Waals surface area contributed by atoms with Crippen molar-refractivity contribution >= 4 is 27.7 Å². The Labute approximate surface area is 137 Å². The molecule has 1 atom stereocenters. The summed E-state index contributed by atoms with van der Waals surface area (Å²) < 4.78 is 26.8. The van der Waals surface area contributed by atoms with Crippen molar-refractivity contribution in [2.24, 2.45) is 5.92 Å². The van der Waals surface area contributed by atoms with Crippen molar-refractivity contribution in [3.8, 4) is 0 Å². The molecule has 1 heterocycles. The van der Waals surface area contributed by atoms with Crippen molar-refractivity contribution in [1.29, 1.82) is 0 Å². The Morgan fingerprint density at radius 3 is 2.77 bits per heavy atom. The van der Waals surface area contributed by atoms with Gasteiger partial charge in [0.2, 0.25) is 10.0 Å². The molecule has 6 heteroatoms. The topological polar surface area (TPSA) is 49.4 Å². The van der Waals surface area contributed by atoms with E-state index in [1.807, 2.05) is 12.1 Å². The van der Waals surface area contributed by atoms with E-state index in [0.29, 0.717) is 23.0 Å². The van der Waals surface area contributed by atoms with Crippen molar-refractivity contribution in [1.82, 2.24) is 9.62 Å². The summed E-state index contributed by atoms with van der Waals surface area (Å²) in [6.45, 7) is 2.63. The molecule has 0 spiro atoms. The van der Waals surface area contributed by atoms with Gasteiger partial charge in [-0.3, -0.25) is 0 Å². The molecular weight excluding hydrogens is 320 g/mol. The maximum Gasteiger partial charge on any atom is 0.233 e. The largest absolute Gasteiger partial charge is 0.300 e. The lowest BCUT2D eigenvalue weighted by Gasteiger charge is -2.14. The maximum absolute atomic E-state index is 12.0. The summed E-state index contributed by atoms with van der Waals surface area (Å²) >= 11 is 6.01. The van der Waals surface area contributed by atoms with Crippen LogP contribution in [0.1, 0.15) is 24.8 Å². The van der Waals surface area contributed by atoms with Gasteiger partial charge >= 0.3 is 0 Å². The quantitative estimate of drug-likeness (QED) is 0.866. The highest BCUT2D eigenvalue weighted by Gasteiger charge is 2.34. The van der Waals surface area contributed by atoms with Gasteiger partial charge in [0.05, 0.1) is 0 Å². The molecule has 3 rings (SSSR count). The van der Waals surface area contributed by atoms with Crippen LogP contribution in [-0.4, -0.2) is 39.0 Å². The molecule has 0 aromatic heterocycles. The number of benzene rings is 1. The first kappa shape index (κ1) is 16.0. The van der Waals surface area contributed by atoms with E-state index in [1.165, 1.54) is 24.3 Å². The zero-order valence-electron chi connectivity index (χ0n) is 12.4. The third kappa shape index (κ3) is 4.32. The Hall–Kier alpha value is -0.880. The first-order valence-corrected chi connectivity index (χ1v) is 9.62. The van der Waals surface area contributed by atoms with Crippen LogP contribution in [0.4, 0.5) is 0 Å². The highest BCUT2D eigenvalue weighted by atomic mass is 35.5. The number of likely N-dealkylation sites (tertiary alicyclic amines) is 1. The average Bonchev–Trinajstić information content (AvgIpc) is 3.23. The Bertz CT molecular complexity index is 656. The molecule has 1 aliphatic heterocycles. The van der Waals surface area contributed by atoms with E-state index >= 15 is 0 Å². The summed E-state index contributed by atoms with van der Waals surface area (Å²) in [6, 6.07) is 7.95. The first-order valence-electron chi connectivity index (χ1n) is 7.70. The van der Waals surface area contributed by atoms with Gasteiger partial charge < -0.3 is 4.90 Å². The minimum Gasteiger partial charge on any atom is -0.300 e. The zero-order chi connectivity index (χ0) is 15.6. The van der Waals surface area contributed by atoms with Crippen molar-refractivity contribution < 1.29 is 8.42 Å². The standard InChI is InChI=1S/C16H21ClN2O2S/c17-16-4-2-1-3-14(16)8-10-22(20,21)18-11-13-7-9-19(12-13)15-5-6-15/h1-4,8,10,13,15,18H,5-7,9,11-12H2/b10-8-/t13-/m0/s1. The number of halogens is 1. The van der Waals surface area contributed by atoms with Crippen molar-refractivity contribution in [2.75, 3.05) is 19.6 Å². The summed E-state index contributed by atoms with van der Waals surface area (Å²) in [5.74, 6) is 0.420. The number of nitrogens with zero attached hydrogens (tertiary/aromatic N) is 1. The molecule has 0 bridgehead atoms. The lowest BCUT2D eigenvalue weighted by Crippen LogP contribution is -2.30. The molecule has 1 aliphatic carbocycles. The number of nitrogens with one attached hydrogen (secondary N) is 1. The fourth-order valence-electron chi connectivity index (χ4n) is 2.86. The molecule has 4 nitrogen and oxygen atoms in total. The molecule has 1 saturated heterocycles. The fraction of sp³-hybridized carbons (Fsp3) is 0.500. The third-order valence-electron chi connectivity index (χ3n) is 4.29. The highest BCUT2D eigenvalue weighted by molar-refractivity contribution is 7.92. The van der Waals surface area contributed by atoms with E-state index in [4.69, 9.17) is 11.6 Å². The van der Waals surface area contributed by atoms with Crippen LogP contribution < -0.4 is 4.72 Å². The van der Waals surface area contributed by atoms with Crippen LogP contribution >= 0.6 is 11.6 Å². The SMILES string of the molecule is O=S(=O)(/C=C\c1ccccc1Cl)NC[C@@H]1CCN(C2CC2)C1. The Morgan fingerprint density at radius 1 is 1.27 bits per heavy atom. The molecule has 1 aromatic rings. The maximum atomic E-state index is 12.0. The number of rotatable bonds is 6. The van der Waals surface area contributed by atoms with E-state index in [-0.39, 0.29) is 0 Å². The summed E-state index contributed by atoms with van der Waals surface area (Å²) in [5.41, 5.74) is 0.704. The molecular formula is C16H21ClN2O2S. The predicted molar refractivity (Wildman–Crippen MR) is 90.1 cm³/mol. The molecule has 120 valence electrons. The number of sulfonamides is 1. The van der Waals surface area contributed by atoms with E-state index < -0.39 is 10.0 Å². The van der Waals surface area contributed by atoms with Gasteiger partial charge in [0.25, 0.3) is 0 Å². The lowest BCUT2D eigenvalue weighted by molar-refractivity contribution is 0.314. The van der Waals surface area contributed by atoms with Crippen LogP contribution in [0, 0.1) is 5.92 Å². The normalized spacial score (nSPS) is 23.4. The van der Waals surface area contributed by atoms with Gasteiger partial charge in [0, 0.05) is 29.6 Å². The molecule has 1 saturated carbocycles. The van der Waals surface area contributed by atoms with E-state index in [9.17, 15) is 8.42 Å². The minimum absolute atomic E-state index is 0.420. The van der Waals surface area contributed by atoms with Crippen molar-refractivity contribution in [2.45, 2.75) is 25.3 Å². The molecule has 1 N–H and O–H groups in total. The van der Waals surface area contributed by atoms with Crippen LogP contribution in [0.5, 0.6) is 0 Å². The van der Waals surface area contributed by atoms with Crippen LogP contribution in [0.2, 0.25) is 5.02 Å². The van der Waals surface area contributed by atoms with E-state index in [2.05, 4.69) is 9.62 Å². The fourth-order valence-corrected chi connectivity index (χ4v) is 3.94.